The Hall–Kier alpha value is -1.95. The molecule has 2 heterocycles. The van der Waals surface area contributed by atoms with Gasteiger partial charge in [0, 0.05) is 30.0 Å². The first-order valence-electron chi connectivity index (χ1n) is 7.49. The second-order valence-corrected chi connectivity index (χ2v) is 5.85. The molecule has 1 atom stereocenters. The van der Waals surface area contributed by atoms with Crippen molar-refractivity contribution in [1.82, 2.24) is 10.3 Å². The Kier molecular flexibility index (Phi) is 4.91. The number of pyridine rings is 1. The summed E-state index contributed by atoms with van der Waals surface area (Å²) in [5.74, 6) is -0.208. The minimum atomic E-state index is -0.208. The molecule has 120 valence electrons. The van der Waals surface area contributed by atoms with Crippen LogP contribution in [0, 0.1) is 6.92 Å². The van der Waals surface area contributed by atoms with Crippen LogP contribution < -0.4 is 10.6 Å². The molecule has 1 aromatic carbocycles. The zero-order valence-electron chi connectivity index (χ0n) is 12.8. The maximum Gasteiger partial charge on any atom is 0.255 e. The molecule has 0 spiro atoms. The Balaban J connectivity index is 1.68. The highest BCUT2D eigenvalue weighted by molar-refractivity contribution is 6.29. The van der Waals surface area contributed by atoms with Crippen molar-refractivity contribution < 1.29 is 9.53 Å². The summed E-state index contributed by atoms with van der Waals surface area (Å²) in [4.78, 5) is 16.3. The number of rotatable bonds is 3. The van der Waals surface area contributed by atoms with E-state index in [2.05, 4.69) is 15.6 Å². The van der Waals surface area contributed by atoms with E-state index in [1.54, 1.807) is 19.1 Å². The molecular weight excluding hydrogens is 314 g/mol. The number of hydrogen-bond acceptors (Lipinski definition) is 4. The maximum absolute atomic E-state index is 12.3. The second kappa shape index (κ2) is 7.08. The van der Waals surface area contributed by atoms with Crippen LogP contribution in [0.4, 0.5) is 5.69 Å². The highest BCUT2D eigenvalue weighted by atomic mass is 35.5. The van der Waals surface area contributed by atoms with Crippen molar-refractivity contribution in [2.24, 2.45) is 0 Å². The molecule has 0 saturated carbocycles. The van der Waals surface area contributed by atoms with Crippen molar-refractivity contribution in [2.75, 3.05) is 25.0 Å². The lowest BCUT2D eigenvalue weighted by Crippen LogP contribution is -2.33. The molecule has 1 aliphatic heterocycles. The molecule has 5 nitrogen and oxygen atoms in total. The minimum Gasteiger partial charge on any atom is -0.371 e. The third-order valence-corrected chi connectivity index (χ3v) is 3.85. The number of hydrogen-bond donors (Lipinski definition) is 2. The van der Waals surface area contributed by atoms with Crippen LogP contribution in [-0.4, -0.2) is 30.6 Å². The number of anilines is 1. The fourth-order valence-electron chi connectivity index (χ4n) is 2.52. The number of nitrogens with one attached hydrogen (secondary N) is 2. The zero-order valence-corrected chi connectivity index (χ0v) is 13.6. The number of benzene rings is 1. The van der Waals surface area contributed by atoms with E-state index in [1.807, 2.05) is 24.3 Å². The van der Waals surface area contributed by atoms with Gasteiger partial charge in [-0.15, -0.1) is 0 Å². The molecule has 23 heavy (non-hydrogen) atoms. The lowest BCUT2D eigenvalue weighted by Gasteiger charge is -2.24. The van der Waals surface area contributed by atoms with Crippen LogP contribution in [0.2, 0.25) is 5.15 Å². The molecule has 6 heteroatoms. The van der Waals surface area contributed by atoms with Crippen molar-refractivity contribution >= 4 is 23.2 Å². The number of carbonyl (C=O) groups is 1. The van der Waals surface area contributed by atoms with E-state index in [4.69, 9.17) is 16.3 Å². The highest BCUT2D eigenvalue weighted by Crippen LogP contribution is 2.21. The van der Waals surface area contributed by atoms with Crippen molar-refractivity contribution in [3.63, 3.8) is 0 Å². The maximum atomic E-state index is 12.3. The standard InChI is InChI=1S/C17H18ClN3O2/c1-11-8-13(9-16(18)20-11)17(22)21-14-4-2-12(3-5-14)15-10-19-6-7-23-15/h2-5,8-9,15,19H,6-7,10H2,1H3,(H,21,22). The lowest BCUT2D eigenvalue weighted by atomic mass is 10.1. The van der Waals surface area contributed by atoms with E-state index in [1.165, 1.54) is 0 Å². The number of aryl methyl sites for hydroxylation is 1. The fourth-order valence-corrected chi connectivity index (χ4v) is 2.77. The topological polar surface area (TPSA) is 63.2 Å². The van der Waals surface area contributed by atoms with Crippen molar-refractivity contribution in [3.05, 3.63) is 58.4 Å². The Morgan fingerprint density at radius 3 is 2.78 bits per heavy atom. The Morgan fingerprint density at radius 2 is 2.13 bits per heavy atom. The summed E-state index contributed by atoms with van der Waals surface area (Å²) in [6.07, 6.45) is 0.0650. The summed E-state index contributed by atoms with van der Waals surface area (Å²) in [6.45, 7) is 4.21. The monoisotopic (exact) mass is 331 g/mol. The summed E-state index contributed by atoms with van der Waals surface area (Å²) in [7, 11) is 0. The Morgan fingerprint density at radius 1 is 1.35 bits per heavy atom. The van der Waals surface area contributed by atoms with E-state index in [9.17, 15) is 4.79 Å². The first kappa shape index (κ1) is 15.9. The van der Waals surface area contributed by atoms with Gasteiger partial charge in [0.15, 0.2) is 0 Å². The van der Waals surface area contributed by atoms with E-state index in [0.717, 1.165) is 24.3 Å². The molecule has 2 aromatic rings. The van der Waals surface area contributed by atoms with Gasteiger partial charge in [0.1, 0.15) is 5.15 Å². The van der Waals surface area contributed by atoms with Gasteiger partial charge in [0.05, 0.1) is 12.7 Å². The molecule has 1 saturated heterocycles. The first-order valence-corrected chi connectivity index (χ1v) is 7.87. The molecule has 0 bridgehead atoms. The number of carbonyl (C=O) groups excluding carboxylic acids is 1. The molecule has 3 rings (SSSR count). The van der Waals surface area contributed by atoms with Crippen molar-refractivity contribution in [1.29, 1.82) is 0 Å². The number of nitrogens with zero attached hydrogens (tertiary/aromatic N) is 1. The summed E-state index contributed by atoms with van der Waals surface area (Å²) in [5, 5.41) is 6.47. The van der Waals surface area contributed by atoms with Crippen LogP contribution >= 0.6 is 11.6 Å². The fraction of sp³-hybridized carbons (Fsp3) is 0.294. The molecule has 0 radical (unpaired) electrons. The zero-order chi connectivity index (χ0) is 16.2. The summed E-state index contributed by atoms with van der Waals surface area (Å²) >= 11 is 5.89. The highest BCUT2D eigenvalue weighted by Gasteiger charge is 2.15. The van der Waals surface area contributed by atoms with Gasteiger partial charge >= 0.3 is 0 Å². The minimum absolute atomic E-state index is 0.0650. The molecule has 2 N–H and O–H groups in total. The molecule has 1 amide bonds. The summed E-state index contributed by atoms with van der Waals surface area (Å²) in [5.41, 5.74) is 3.03. The first-order chi connectivity index (χ1) is 11.1. The van der Waals surface area contributed by atoms with Gasteiger partial charge in [-0.25, -0.2) is 4.98 Å². The SMILES string of the molecule is Cc1cc(C(=O)Nc2ccc(C3CNCCO3)cc2)cc(Cl)n1. The molecule has 0 aliphatic carbocycles. The van der Waals surface area contributed by atoms with E-state index in [0.29, 0.717) is 23.0 Å². The molecule has 1 aliphatic rings. The number of ether oxygens (including phenoxy) is 1. The van der Waals surface area contributed by atoms with Crippen LogP contribution in [0.15, 0.2) is 36.4 Å². The van der Waals surface area contributed by atoms with Gasteiger partial charge in [-0.3, -0.25) is 4.79 Å². The normalized spacial score (nSPS) is 17.7. The predicted molar refractivity (Wildman–Crippen MR) is 89.9 cm³/mol. The van der Waals surface area contributed by atoms with Crippen LogP contribution in [0.3, 0.4) is 0 Å². The van der Waals surface area contributed by atoms with Gasteiger partial charge in [0.25, 0.3) is 5.91 Å². The summed E-state index contributed by atoms with van der Waals surface area (Å²) in [6, 6.07) is 11.0. The Labute approximate surface area is 140 Å². The van der Waals surface area contributed by atoms with Gasteiger partial charge < -0.3 is 15.4 Å². The molecule has 1 fully saturated rings. The quantitative estimate of drug-likeness (QED) is 0.849. The van der Waals surface area contributed by atoms with E-state index >= 15 is 0 Å². The number of amides is 1. The Bertz CT molecular complexity index is 677. The largest absolute Gasteiger partial charge is 0.371 e. The van der Waals surface area contributed by atoms with Crippen LogP contribution in [0.5, 0.6) is 0 Å². The van der Waals surface area contributed by atoms with Gasteiger partial charge in [0.2, 0.25) is 0 Å². The lowest BCUT2D eigenvalue weighted by molar-refractivity contribution is 0.0277. The van der Waals surface area contributed by atoms with Gasteiger partial charge in [-0.05, 0) is 36.8 Å². The van der Waals surface area contributed by atoms with Gasteiger partial charge in [-0.1, -0.05) is 23.7 Å². The van der Waals surface area contributed by atoms with Crippen molar-refractivity contribution in [3.8, 4) is 0 Å². The average molecular weight is 332 g/mol. The molecule has 1 unspecified atom stereocenters. The van der Waals surface area contributed by atoms with E-state index in [-0.39, 0.29) is 12.0 Å². The molecular formula is C17H18ClN3O2. The van der Waals surface area contributed by atoms with Crippen LogP contribution in [0.1, 0.15) is 27.7 Å². The third kappa shape index (κ3) is 4.07. The molecule has 1 aromatic heterocycles. The average Bonchev–Trinajstić information content (AvgIpc) is 2.55. The number of morpholine rings is 1. The van der Waals surface area contributed by atoms with Gasteiger partial charge in [-0.2, -0.15) is 0 Å². The number of aromatic nitrogens is 1. The third-order valence-electron chi connectivity index (χ3n) is 3.65. The number of halogens is 1. The van der Waals surface area contributed by atoms with E-state index < -0.39 is 0 Å². The van der Waals surface area contributed by atoms with Crippen LogP contribution in [0.25, 0.3) is 0 Å². The van der Waals surface area contributed by atoms with Crippen LogP contribution in [-0.2, 0) is 4.74 Å². The second-order valence-electron chi connectivity index (χ2n) is 5.46. The van der Waals surface area contributed by atoms with Crippen molar-refractivity contribution in [2.45, 2.75) is 13.0 Å². The predicted octanol–water partition coefficient (Wildman–Crippen LogP) is 2.96. The smallest absolute Gasteiger partial charge is 0.255 e. The summed E-state index contributed by atoms with van der Waals surface area (Å²) < 4.78 is 5.71.